The van der Waals surface area contributed by atoms with Crippen LogP contribution in [0.5, 0.6) is 11.5 Å². The van der Waals surface area contributed by atoms with E-state index in [-0.39, 0.29) is 5.56 Å². The zero-order chi connectivity index (χ0) is 26.0. The molecule has 1 fully saturated rings. The molecule has 0 bridgehead atoms. The Morgan fingerprint density at radius 1 is 0.750 bits per heavy atom. The Labute approximate surface area is 203 Å². The van der Waals surface area contributed by atoms with Gasteiger partial charge in [0.05, 0.1) is 5.56 Å². The van der Waals surface area contributed by atoms with E-state index >= 15 is 0 Å². The van der Waals surface area contributed by atoms with E-state index in [9.17, 15) is 30.7 Å². The normalized spacial score (nSPS) is 18.2. The zero-order valence-electron chi connectivity index (χ0n) is 19.3. The molecular formula is C27H23F7O2. The van der Waals surface area contributed by atoms with E-state index in [1.54, 1.807) is 12.1 Å². The fourth-order valence-electron chi connectivity index (χ4n) is 4.30. The summed E-state index contributed by atoms with van der Waals surface area (Å²) in [6, 6.07) is 8.47. The van der Waals surface area contributed by atoms with Crippen molar-refractivity contribution in [3.63, 3.8) is 0 Å². The molecule has 0 atom stereocenters. The van der Waals surface area contributed by atoms with Gasteiger partial charge in [-0.2, -0.15) is 17.6 Å². The Morgan fingerprint density at radius 3 is 1.92 bits per heavy atom. The molecule has 192 valence electrons. The predicted octanol–water partition coefficient (Wildman–Crippen LogP) is 8.38. The molecule has 0 amide bonds. The van der Waals surface area contributed by atoms with Gasteiger partial charge in [0, 0.05) is 0 Å². The Kier molecular flexibility index (Phi) is 7.47. The summed E-state index contributed by atoms with van der Waals surface area (Å²) >= 11 is 0. The van der Waals surface area contributed by atoms with Crippen molar-refractivity contribution in [3.8, 4) is 11.5 Å². The van der Waals surface area contributed by atoms with E-state index in [2.05, 4.69) is 11.7 Å². The van der Waals surface area contributed by atoms with Crippen molar-refractivity contribution in [2.75, 3.05) is 0 Å². The number of hydrogen-bond acceptors (Lipinski definition) is 2. The molecule has 1 aliphatic rings. The van der Waals surface area contributed by atoms with Crippen molar-refractivity contribution in [1.82, 2.24) is 0 Å². The number of rotatable bonds is 7. The minimum Gasteiger partial charge on any atom is -0.486 e. The standard InChI is InChI=1S/C27H23F7O2/c1-15-2-4-17(5-3-15)18-6-8-19(9-7-18)27(33,34)36-23-11-10-22(25(31)26(23)32)35-14-16-12-20(28)24(30)21(29)13-16/h6-13,15,17H,2-5,14H2,1H3. The van der Waals surface area contributed by atoms with Crippen molar-refractivity contribution in [3.05, 3.63) is 94.3 Å². The Bertz CT molecular complexity index is 1200. The third-order valence-corrected chi connectivity index (χ3v) is 6.42. The van der Waals surface area contributed by atoms with Gasteiger partial charge in [-0.25, -0.2) is 13.2 Å². The summed E-state index contributed by atoms with van der Waals surface area (Å²) in [5, 5.41) is 0. The molecule has 1 saturated carbocycles. The molecule has 1 aliphatic carbocycles. The maximum absolute atomic E-state index is 14.7. The molecule has 9 heteroatoms. The van der Waals surface area contributed by atoms with Gasteiger partial charge in [-0.1, -0.05) is 31.9 Å². The predicted molar refractivity (Wildman–Crippen MR) is 118 cm³/mol. The lowest BCUT2D eigenvalue weighted by Crippen LogP contribution is -2.23. The van der Waals surface area contributed by atoms with Gasteiger partial charge >= 0.3 is 6.11 Å². The number of benzene rings is 3. The Hall–Kier alpha value is -3.23. The Morgan fingerprint density at radius 2 is 1.31 bits per heavy atom. The Balaban J connectivity index is 1.44. The lowest BCUT2D eigenvalue weighted by atomic mass is 9.79. The van der Waals surface area contributed by atoms with Gasteiger partial charge in [0.2, 0.25) is 11.6 Å². The molecule has 0 aromatic heterocycles. The lowest BCUT2D eigenvalue weighted by Gasteiger charge is -2.27. The van der Waals surface area contributed by atoms with E-state index in [4.69, 9.17) is 4.74 Å². The second-order valence-corrected chi connectivity index (χ2v) is 9.05. The average Bonchev–Trinajstić information content (AvgIpc) is 2.85. The summed E-state index contributed by atoms with van der Waals surface area (Å²) in [7, 11) is 0. The van der Waals surface area contributed by atoms with Crippen LogP contribution in [0.3, 0.4) is 0 Å². The van der Waals surface area contributed by atoms with Crippen LogP contribution in [-0.2, 0) is 12.7 Å². The number of hydrogen-bond donors (Lipinski definition) is 0. The number of halogens is 7. The SMILES string of the molecule is CC1CCC(c2ccc(C(F)(F)Oc3ccc(OCc4cc(F)c(F)c(F)c4)c(F)c3F)cc2)CC1. The molecule has 4 rings (SSSR count). The van der Waals surface area contributed by atoms with Crippen LogP contribution >= 0.6 is 0 Å². The van der Waals surface area contributed by atoms with Crippen LogP contribution in [0.25, 0.3) is 0 Å². The molecule has 0 saturated heterocycles. The maximum Gasteiger partial charge on any atom is 0.426 e. The first-order valence-corrected chi connectivity index (χ1v) is 11.5. The van der Waals surface area contributed by atoms with Gasteiger partial charge < -0.3 is 9.47 Å². The first kappa shape index (κ1) is 25.9. The molecule has 2 nitrogen and oxygen atoms in total. The fraction of sp³-hybridized carbons (Fsp3) is 0.333. The largest absolute Gasteiger partial charge is 0.486 e. The molecule has 0 radical (unpaired) electrons. The van der Waals surface area contributed by atoms with E-state index in [0.29, 0.717) is 24.0 Å². The second kappa shape index (κ2) is 10.4. The third-order valence-electron chi connectivity index (χ3n) is 6.42. The molecule has 0 spiro atoms. The zero-order valence-corrected chi connectivity index (χ0v) is 19.3. The van der Waals surface area contributed by atoms with E-state index in [1.165, 1.54) is 12.1 Å². The third kappa shape index (κ3) is 5.60. The van der Waals surface area contributed by atoms with Gasteiger partial charge in [0.25, 0.3) is 0 Å². The number of ether oxygens (including phenoxy) is 2. The van der Waals surface area contributed by atoms with Crippen molar-refractivity contribution < 1.29 is 40.2 Å². The lowest BCUT2D eigenvalue weighted by molar-refractivity contribution is -0.187. The molecule has 0 aliphatic heterocycles. The van der Waals surface area contributed by atoms with Gasteiger partial charge in [-0.15, -0.1) is 0 Å². The van der Waals surface area contributed by atoms with Crippen molar-refractivity contribution in [1.29, 1.82) is 0 Å². The topological polar surface area (TPSA) is 18.5 Å². The van der Waals surface area contributed by atoms with Crippen LogP contribution in [-0.4, -0.2) is 0 Å². The van der Waals surface area contributed by atoms with Crippen molar-refractivity contribution >= 4 is 0 Å². The first-order chi connectivity index (χ1) is 17.0. The summed E-state index contributed by atoms with van der Waals surface area (Å²) in [6.45, 7) is 1.55. The second-order valence-electron chi connectivity index (χ2n) is 9.05. The summed E-state index contributed by atoms with van der Waals surface area (Å²) in [6.07, 6.45) is 0.176. The summed E-state index contributed by atoms with van der Waals surface area (Å²) in [5.41, 5.74) is 0.237. The van der Waals surface area contributed by atoms with Crippen molar-refractivity contribution in [2.45, 2.75) is 51.2 Å². The van der Waals surface area contributed by atoms with Crippen LogP contribution in [0.2, 0.25) is 0 Å². The molecule has 0 heterocycles. The van der Waals surface area contributed by atoms with Gasteiger partial charge in [-0.05, 0) is 72.2 Å². The monoisotopic (exact) mass is 512 g/mol. The highest BCUT2D eigenvalue weighted by atomic mass is 19.3. The highest BCUT2D eigenvalue weighted by Gasteiger charge is 2.36. The van der Waals surface area contributed by atoms with Crippen LogP contribution < -0.4 is 9.47 Å². The summed E-state index contributed by atoms with van der Waals surface area (Å²) in [4.78, 5) is 0. The van der Waals surface area contributed by atoms with Crippen LogP contribution in [0.4, 0.5) is 30.7 Å². The molecular weight excluding hydrogens is 489 g/mol. The van der Waals surface area contributed by atoms with Crippen LogP contribution in [0.1, 0.15) is 55.2 Å². The minimum absolute atomic E-state index is 0.191. The molecule has 36 heavy (non-hydrogen) atoms. The maximum atomic E-state index is 14.7. The fourth-order valence-corrected chi connectivity index (χ4v) is 4.30. The molecule has 0 N–H and O–H groups in total. The van der Waals surface area contributed by atoms with Crippen LogP contribution in [0, 0.1) is 35.0 Å². The molecule has 3 aromatic carbocycles. The van der Waals surface area contributed by atoms with E-state index < -0.39 is 58.9 Å². The van der Waals surface area contributed by atoms with Gasteiger partial charge in [0.1, 0.15) is 6.61 Å². The van der Waals surface area contributed by atoms with E-state index in [1.807, 2.05) is 0 Å². The van der Waals surface area contributed by atoms with Crippen molar-refractivity contribution in [2.24, 2.45) is 5.92 Å². The quantitative estimate of drug-likeness (QED) is 0.234. The molecule has 0 unspecified atom stereocenters. The first-order valence-electron chi connectivity index (χ1n) is 11.5. The summed E-state index contributed by atoms with van der Waals surface area (Å²) in [5.74, 6) is -8.80. The van der Waals surface area contributed by atoms with Crippen LogP contribution in [0.15, 0.2) is 48.5 Å². The average molecular weight is 512 g/mol. The highest BCUT2D eigenvalue weighted by Crippen LogP contribution is 2.38. The van der Waals surface area contributed by atoms with Gasteiger partial charge in [0.15, 0.2) is 29.0 Å². The van der Waals surface area contributed by atoms with E-state index in [0.717, 1.165) is 43.4 Å². The highest BCUT2D eigenvalue weighted by molar-refractivity contribution is 5.36. The molecule has 3 aromatic rings. The number of alkyl halides is 2. The smallest absolute Gasteiger partial charge is 0.426 e. The summed E-state index contributed by atoms with van der Waals surface area (Å²) < 4.78 is 107. The minimum atomic E-state index is -3.95. The van der Waals surface area contributed by atoms with Gasteiger partial charge in [-0.3, -0.25) is 0 Å².